The van der Waals surface area contributed by atoms with Gasteiger partial charge in [0.2, 0.25) is 0 Å². The highest BCUT2D eigenvalue weighted by Gasteiger charge is 2.16. The Kier molecular flexibility index (Phi) is 11.6. The van der Waals surface area contributed by atoms with Crippen LogP contribution in [-0.4, -0.2) is 35.2 Å². The first-order valence-electron chi connectivity index (χ1n) is 7.47. The number of carboxylic acid groups (broad SMARTS) is 1. The Balaban J connectivity index is 3.80. The summed E-state index contributed by atoms with van der Waals surface area (Å²) in [5.74, 6) is 0.499. The third kappa shape index (κ3) is 10.1. The molecule has 0 aliphatic carbocycles. The number of unbranched alkanes of at least 4 members (excludes halogenated alkanes) is 1. The molecule has 0 heterocycles. The van der Waals surface area contributed by atoms with Crippen LogP contribution >= 0.6 is 11.8 Å². The average molecular weight is 304 g/mol. The van der Waals surface area contributed by atoms with E-state index in [9.17, 15) is 9.59 Å². The lowest BCUT2D eigenvalue weighted by Crippen LogP contribution is -2.21. The zero-order valence-electron chi connectivity index (χ0n) is 12.9. The second-order valence-corrected chi connectivity index (χ2v) is 6.32. The first-order chi connectivity index (χ1) is 9.51. The molecule has 118 valence electrons. The first kappa shape index (κ1) is 19.3. The highest BCUT2D eigenvalue weighted by atomic mass is 32.2. The maximum absolute atomic E-state index is 11.8. The number of carboxylic acids is 1. The zero-order valence-corrected chi connectivity index (χ0v) is 13.7. The van der Waals surface area contributed by atoms with E-state index in [0.29, 0.717) is 24.0 Å². The minimum absolute atomic E-state index is 0.140. The summed E-state index contributed by atoms with van der Waals surface area (Å²) >= 11 is 1.49. The fraction of sp³-hybridized carbons (Fsp3) is 0.867. The van der Waals surface area contributed by atoms with Gasteiger partial charge in [0, 0.05) is 11.5 Å². The number of esters is 1. The van der Waals surface area contributed by atoms with Crippen molar-refractivity contribution in [2.24, 2.45) is 11.8 Å². The summed E-state index contributed by atoms with van der Waals surface area (Å²) < 4.78 is 5.36. The fourth-order valence-electron chi connectivity index (χ4n) is 1.73. The predicted octanol–water partition coefficient (Wildman–Crippen LogP) is 3.59. The topological polar surface area (TPSA) is 63.6 Å². The van der Waals surface area contributed by atoms with Gasteiger partial charge in [0.1, 0.15) is 0 Å². The Hall–Kier alpha value is -0.710. The van der Waals surface area contributed by atoms with Crippen molar-refractivity contribution in [1.82, 2.24) is 0 Å². The maximum atomic E-state index is 11.8. The Labute approximate surface area is 126 Å². The molecule has 2 atom stereocenters. The third-order valence-electron chi connectivity index (χ3n) is 3.24. The Morgan fingerprint density at radius 1 is 1.30 bits per heavy atom. The average Bonchev–Trinajstić information content (AvgIpc) is 2.43. The van der Waals surface area contributed by atoms with Gasteiger partial charge in [-0.25, -0.2) is 0 Å². The number of ether oxygens (including phenoxy) is 1. The van der Waals surface area contributed by atoms with Crippen LogP contribution in [0.5, 0.6) is 0 Å². The molecule has 0 spiro atoms. The summed E-state index contributed by atoms with van der Waals surface area (Å²) in [6.07, 6.45) is 4.64. The molecule has 0 aromatic carbocycles. The first-order valence-corrected chi connectivity index (χ1v) is 8.62. The largest absolute Gasteiger partial charge is 0.481 e. The van der Waals surface area contributed by atoms with Gasteiger partial charge in [-0.05, 0) is 12.3 Å². The highest BCUT2D eigenvalue weighted by Crippen LogP contribution is 2.15. The van der Waals surface area contributed by atoms with Crippen LogP contribution in [-0.2, 0) is 14.3 Å². The van der Waals surface area contributed by atoms with E-state index in [1.165, 1.54) is 24.6 Å². The number of thioether (sulfide) groups is 1. The molecule has 0 rings (SSSR count). The molecular formula is C15H28O4S. The second kappa shape index (κ2) is 12.1. The van der Waals surface area contributed by atoms with Crippen molar-refractivity contribution in [2.45, 2.75) is 52.9 Å². The number of carbonyl (C=O) groups is 2. The molecule has 0 bridgehead atoms. The van der Waals surface area contributed by atoms with Crippen LogP contribution in [0.2, 0.25) is 0 Å². The molecule has 0 saturated carbocycles. The van der Waals surface area contributed by atoms with Crippen molar-refractivity contribution in [3.05, 3.63) is 0 Å². The standard InChI is InChI=1S/C15H28O4S/c1-4-6-7-13(5-2)10-19-15(18)12(3)11-20-9-8-14(16)17/h12-13H,4-11H2,1-3H3,(H,16,17). The van der Waals surface area contributed by atoms with Gasteiger partial charge in [0.15, 0.2) is 0 Å². The third-order valence-corrected chi connectivity index (χ3v) is 4.46. The normalized spacial score (nSPS) is 13.8. The van der Waals surface area contributed by atoms with Crippen LogP contribution in [0.3, 0.4) is 0 Å². The summed E-state index contributed by atoms with van der Waals surface area (Å²) in [6.45, 7) is 6.64. The molecule has 20 heavy (non-hydrogen) atoms. The number of hydrogen-bond acceptors (Lipinski definition) is 4. The van der Waals surface area contributed by atoms with Crippen molar-refractivity contribution in [3.63, 3.8) is 0 Å². The van der Waals surface area contributed by atoms with Crippen LogP contribution in [0.1, 0.15) is 52.9 Å². The molecule has 0 aromatic rings. The van der Waals surface area contributed by atoms with Crippen molar-refractivity contribution < 1.29 is 19.4 Å². The van der Waals surface area contributed by atoms with Gasteiger partial charge in [-0.1, -0.05) is 40.0 Å². The van der Waals surface area contributed by atoms with E-state index in [-0.39, 0.29) is 18.3 Å². The van der Waals surface area contributed by atoms with E-state index in [1.54, 1.807) is 0 Å². The predicted molar refractivity (Wildman–Crippen MR) is 83.0 cm³/mol. The molecule has 0 aliphatic rings. The molecule has 0 saturated heterocycles. The van der Waals surface area contributed by atoms with Gasteiger partial charge >= 0.3 is 11.9 Å². The molecule has 0 aliphatic heterocycles. The van der Waals surface area contributed by atoms with Crippen LogP contribution in [0.4, 0.5) is 0 Å². The lowest BCUT2D eigenvalue weighted by atomic mass is 10.0. The Bertz CT molecular complexity index is 281. The summed E-state index contributed by atoms with van der Waals surface area (Å²) in [6, 6.07) is 0. The van der Waals surface area contributed by atoms with Crippen LogP contribution in [0, 0.1) is 11.8 Å². The number of aliphatic carboxylic acids is 1. The molecule has 0 radical (unpaired) electrons. The van der Waals surface area contributed by atoms with Gasteiger partial charge in [-0.3, -0.25) is 9.59 Å². The monoisotopic (exact) mass is 304 g/mol. The van der Waals surface area contributed by atoms with Gasteiger partial charge in [-0.15, -0.1) is 0 Å². The fourth-order valence-corrected chi connectivity index (χ4v) is 2.70. The molecule has 2 unspecified atom stereocenters. The minimum atomic E-state index is -0.797. The van der Waals surface area contributed by atoms with Crippen LogP contribution < -0.4 is 0 Å². The van der Waals surface area contributed by atoms with Crippen molar-refractivity contribution in [2.75, 3.05) is 18.1 Å². The Morgan fingerprint density at radius 3 is 2.55 bits per heavy atom. The molecule has 0 fully saturated rings. The SMILES string of the molecule is CCCCC(CC)COC(=O)C(C)CSCCC(=O)O. The second-order valence-electron chi connectivity index (χ2n) is 5.17. The summed E-state index contributed by atoms with van der Waals surface area (Å²) in [5.41, 5.74) is 0. The lowest BCUT2D eigenvalue weighted by molar-refractivity contribution is -0.148. The molecule has 4 nitrogen and oxygen atoms in total. The lowest BCUT2D eigenvalue weighted by Gasteiger charge is -2.16. The van der Waals surface area contributed by atoms with Gasteiger partial charge in [-0.2, -0.15) is 11.8 Å². The van der Waals surface area contributed by atoms with Gasteiger partial charge in [0.25, 0.3) is 0 Å². The van der Waals surface area contributed by atoms with E-state index in [1.807, 2.05) is 6.92 Å². The summed E-state index contributed by atoms with van der Waals surface area (Å²) in [5, 5.41) is 8.53. The number of rotatable bonds is 12. The minimum Gasteiger partial charge on any atom is -0.481 e. The highest BCUT2D eigenvalue weighted by molar-refractivity contribution is 7.99. The number of carbonyl (C=O) groups excluding carboxylic acids is 1. The zero-order chi connectivity index (χ0) is 15.4. The van der Waals surface area contributed by atoms with E-state index < -0.39 is 5.97 Å². The van der Waals surface area contributed by atoms with E-state index in [0.717, 1.165) is 12.8 Å². The Morgan fingerprint density at radius 2 is 2.00 bits per heavy atom. The van der Waals surface area contributed by atoms with Crippen molar-refractivity contribution in [3.8, 4) is 0 Å². The van der Waals surface area contributed by atoms with Crippen molar-refractivity contribution in [1.29, 1.82) is 0 Å². The van der Waals surface area contributed by atoms with Crippen molar-refractivity contribution >= 4 is 23.7 Å². The smallest absolute Gasteiger partial charge is 0.309 e. The van der Waals surface area contributed by atoms with E-state index >= 15 is 0 Å². The van der Waals surface area contributed by atoms with Gasteiger partial charge < -0.3 is 9.84 Å². The molecule has 1 N–H and O–H groups in total. The summed E-state index contributed by atoms with van der Waals surface area (Å²) in [4.78, 5) is 22.2. The molecule has 0 aromatic heterocycles. The van der Waals surface area contributed by atoms with E-state index in [2.05, 4.69) is 13.8 Å². The molecule has 0 amide bonds. The molecule has 5 heteroatoms. The summed E-state index contributed by atoms with van der Waals surface area (Å²) in [7, 11) is 0. The van der Waals surface area contributed by atoms with E-state index in [4.69, 9.17) is 9.84 Å². The maximum Gasteiger partial charge on any atom is 0.309 e. The quantitative estimate of drug-likeness (QED) is 0.441. The van der Waals surface area contributed by atoms with Crippen LogP contribution in [0.15, 0.2) is 0 Å². The molecular weight excluding hydrogens is 276 g/mol. The van der Waals surface area contributed by atoms with Crippen LogP contribution in [0.25, 0.3) is 0 Å². The number of hydrogen-bond donors (Lipinski definition) is 1. The van der Waals surface area contributed by atoms with Gasteiger partial charge in [0.05, 0.1) is 18.9 Å².